The van der Waals surface area contributed by atoms with Crippen LogP contribution in [0.5, 0.6) is 0 Å². The minimum absolute atomic E-state index is 1.11. The molecule has 1 aliphatic carbocycles. The molecule has 0 fully saturated rings. The van der Waals surface area contributed by atoms with Crippen LogP contribution in [0.4, 0.5) is 0 Å². The molecule has 0 atom stereocenters. The van der Waals surface area contributed by atoms with Crippen LogP contribution < -0.4 is 0 Å². The second kappa shape index (κ2) is 2.01. The molecule has 0 bridgehead atoms. The fourth-order valence-corrected chi connectivity index (χ4v) is 1.43. The lowest BCUT2D eigenvalue weighted by Crippen LogP contribution is -1.98. The lowest BCUT2D eigenvalue weighted by molar-refractivity contribution is 0.984. The fourth-order valence-electron chi connectivity index (χ4n) is 1.43. The van der Waals surface area contributed by atoms with Crippen molar-refractivity contribution in [2.24, 2.45) is 0 Å². The van der Waals surface area contributed by atoms with Crippen molar-refractivity contribution in [3.8, 4) is 0 Å². The van der Waals surface area contributed by atoms with Gasteiger partial charge in [0.05, 0.1) is 0 Å². The molecule has 0 saturated carbocycles. The second-order valence-electron chi connectivity index (χ2n) is 2.91. The molecule has 0 spiro atoms. The van der Waals surface area contributed by atoms with Gasteiger partial charge in [-0.15, -0.1) is 0 Å². The van der Waals surface area contributed by atoms with Crippen LogP contribution in [0.15, 0.2) is 23.9 Å². The maximum absolute atomic E-state index is 3.25. The predicted molar refractivity (Wildman–Crippen MR) is 42.0 cm³/mol. The molecular formula is C9H11N. The molecule has 2 rings (SSSR count). The summed E-state index contributed by atoms with van der Waals surface area (Å²) in [5, 5.41) is 0. The Morgan fingerprint density at radius 3 is 3.30 bits per heavy atom. The van der Waals surface area contributed by atoms with Crippen LogP contribution in [0, 0.1) is 0 Å². The maximum atomic E-state index is 3.25. The minimum Gasteiger partial charge on any atom is -0.364 e. The van der Waals surface area contributed by atoms with Crippen molar-refractivity contribution in [2.75, 3.05) is 0 Å². The van der Waals surface area contributed by atoms with Crippen molar-refractivity contribution in [2.45, 2.75) is 19.8 Å². The van der Waals surface area contributed by atoms with E-state index in [4.69, 9.17) is 0 Å². The van der Waals surface area contributed by atoms with Crippen molar-refractivity contribution in [3.63, 3.8) is 0 Å². The van der Waals surface area contributed by atoms with Crippen LogP contribution in [0.3, 0.4) is 0 Å². The van der Waals surface area contributed by atoms with Gasteiger partial charge in [-0.25, -0.2) is 0 Å². The molecule has 0 aliphatic heterocycles. The minimum atomic E-state index is 1.11. The zero-order chi connectivity index (χ0) is 6.97. The Kier molecular flexibility index (Phi) is 1.16. The molecule has 1 nitrogen and oxygen atoms in total. The van der Waals surface area contributed by atoms with Crippen LogP contribution in [-0.4, -0.2) is 4.98 Å². The smallest absolute Gasteiger partial charge is 0.0223 e. The monoisotopic (exact) mass is 133 g/mol. The zero-order valence-electron chi connectivity index (χ0n) is 6.15. The Balaban J connectivity index is 2.39. The van der Waals surface area contributed by atoms with Crippen molar-refractivity contribution in [1.82, 2.24) is 4.98 Å². The van der Waals surface area contributed by atoms with Gasteiger partial charge >= 0.3 is 0 Å². The molecule has 0 radical (unpaired) electrons. The van der Waals surface area contributed by atoms with Gasteiger partial charge in [0.15, 0.2) is 0 Å². The van der Waals surface area contributed by atoms with E-state index in [0.29, 0.717) is 0 Å². The summed E-state index contributed by atoms with van der Waals surface area (Å²) in [6.45, 7) is 2.18. The third kappa shape index (κ3) is 0.783. The third-order valence-corrected chi connectivity index (χ3v) is 2.06. The molecule has 1 heteroatoms. The summed E-state index contributed by atoms with van der Waals surface area (Å²) >= 11 is 0. The number of aromatic nitrogens is 1. The first-order valence-corrected chi connectivity index (χ1v) is 3.67. The number of nitrogens with one attached hydrogen (secondary N) is 1. The molecule has 1 heterocycles. The van der Waals surface area contributed by atoms with Crippen LogP contribution in [0.25, 0.3) is 0 Å². The van der Waals surface area contributed by atoms with Crippen LogP contribution in [-0.2, 0) is 12.8 Å². The standard InChI is InChI=1S/C9H11N/c1-7-2-3-8-4-5-10-9(8)6-7/h2,4-5,10H,3,6H2,1H3. The topological polar surface area (TPSA) is 15.8 Å². The number of fused-ring (bicyclic) bond motifs is 1. The van der Waals surface area contributed by atoms with E-state index in [1.165, 1.54) is 16.8 Å². The molecule has 0 unspecified atom stereocenters. The number of aromatic amines is 1. The molecule has 1 N–H and O–H groups in total. The predicted octanol–water partition coefficient (Wildman–Crippen LogP) is 2.06. The van der Waals surface area contributed by atoms with Crippen molar-refractivity contribution >= 4 is 0 Å². The highest BCUT2D eigenvalue weighted by atomic mass is 14.7. The molecule has 10 heavy (non-hydrogen) atoms. The van der Waals surface area contributed by atoms with E-state index in [1.54, 1.807) is 0 Å². The van der Waals surface area contributed by atoms with Crippen LogP contribution in [0.2, 0.25) is 0 Å². The van der Waals surface area contributed by atoms with Crippen molar-refractivity contribution < 1.29 is 0 Å². The first kappa shape index (κ1) is 5.78. The average Bonchev–Trinajstić information content (AvgIpc) is 2.33. The van der Waals surface area contributed by atoms with Crippen molar-refractivity contribution in [1.29, 1.82) is 0 Å². The summed E-state index contributed by atoms with van der Waals surface area (Å²) < 4.78 is 0. The first-order valence-electron chi connectivity index (χ1n) is 3.67. The Bertz CT molecular complexity index is 268. The Labute approximate surface area is 60.8 Å². The molecule has 52 valence electrons. The van der Waals surface area contributed by atoms with Gasteiger partial charge in [-0.1, -0.05) is 11.6 Å². The summed E-state index contributed by atoms with van der Waals surface area (Å²) in [5.74, 6) is 0. The van der Waals surface area contributed by atoms with Crippen LogP contribution in [0.1, 0.15) is 18.2 Å². The normalized spacial score (nSPS) is 16.3. The zero-order valence-corrected chi connectivity index (χ0v) is 6.15. The number of hydrogen-bond acceptors (Lipinski definition) is 0. The van der Waals surface area contributed by atoms with E-state index in [2.05, 4.69) is 24.1 Å². The van der Waals surface area contributed by atoms with E-state index in [9.17, 15) is 0 Å². The van der Waals surface area contributed by atoms with Gasteiger partial charge in [0.2, 0.25) is 0 Å². The summed E-state index contributed by atoms with van der Waals surface area (Å²) in [6, 6.07) is 2.16. The van der Waals surface area contributed by atoms with Gasteiger partial charge < -0.3 is 4.98 Å². The second-order valence-corrected chi connectivity index (χ2v) is 2.91. The van der Waals surface area contributed by atoms with E-state index in [1.807, 2.05) is 6.20 Å². The number of hydrogen-bond donors (Lipinski definition) is 1. The molecule has 0 amide bonds. The van der Waals surface area contributed by atoms with E-state index >= 15 is 0 Å². The summed E-state index contributed by atoms with van der Waals surface area (Å²) in [6.07, 6.45) is 6.56. The average molecular weight is 133 g/mol. The number of H-pyrrole nitrogens is 1. The molecule has 0 aromatic carbocycles. The van der Waals surface area contributed by atoms with E-state index < -0.39 is 0 Å². The molecule has 1 aromatic heterocycles. The highest BCUT2D eigenvalue weighted by Crippen LogP contribution is 2.18. The van der Waals surface area contributed by atoms with Gasteiger partial charge in [-0.3, -0.25) is 0 Å². The first-order chi connectivity index (χ1) is 4.86. The Morgan fingerprint density at radius 1 is 1.50 bits per heavy atom. The third-order valence-electron chi connectivity index (χ3n) is 2.06. The molecule has 0 saturated heterocycles. The maximum Gasteiger partial charge on any atom is 0.0223 e. The number of rotatable bonds is 0. The summed E-state index contributed by atoms with van der Waals surface area (Å²) in [5.41, 5.74) is 4.35. The van der Waals surface area contributed by atoms with Gasteiger partial charge in [-0.2, -0.15) is 0 Å². The SMILES string of the molecule is CC1=CCc2cc[nH]c2C1. The van der Waals surface area contributed by atoms with Crippen molar-refractivity contribution in [3.05, 3.63) is 35.2 Å². The van der Waals surface area contributed by atoms with Crippen LogP contribution >= 0.6 is 0 Å². The van der Waals surface area contributed by atoms with Gasteiger partial charge in [0.25, 0.3) is 0 Å². The lowest BCUT2D eigenvalue weighted by Gasteiger charge is -2.08. The van der Waals surface area contributed by atoms with E-state index in [-0.39, 0.29) is 0 Å². The largest absolute Gasteiger partial charge is 0.364 e. The Morgan fingerprint density at radius 2 is 2.40 bits per heavy atom. The van der Waals surface area contributed by atoms with E-state index in [0.717, 1.165) is 12.8 Å². The highest BCUT2D eigenvalue weighted by Gasteiger charge is 2.07. The quantitative estimate of drug-likeness (QED) is 0.521. The fraction of sp³-hybridized carbons (Fsp3) is 0.333. The Hall–Kier alpha value is -0.980. The number of allylic oxidation sites excluding steroid dienone is 2. The molecular weight excluding hydrogens is 122 g/mol. The van der Waals surface area contributed by atoms with Gasteiger partial charge in [0.1, 0.15) is 0 Å². The molecule has 1 aromatic rings. The molecule has 1 aliphatic rings. The van der Waals surface area contributed by atoms with Gasteiger partial charge in [0, 0.05) is 18.3 Å². The summed E-state index contributed by atoms with van der Waals surface area (Å²) in [7, 11) is 0. The highest BCUT2D eigenvalue weighted by molar-refractivity contribution is 5.31. The van der Waals surface area contributed by atoms with Gasteiger partial charge in [-0.05, 0) is 25.0 Å². The lowest BCUT2D eigenvalue weighted by atomic mass is 9.99. The summed E-state index contributed by atoms with van der Waals surface area (Å²) in [4.78, 5) is 3.25.